The zero-order valence-electron chi connectivity index (χ0n) is 16.6. The first-order valence-electron chi connectivity index (χ1n) is 9.59. The van der Waals surface area contributed by atoms with E-state index in [2.05, 4.69) is 26.8 Å². The third-order valence-corrected chi connectivity index (χ3v) is 4.87. The number of carbonyl (C=O) groups excluding carboxylic acids is 1. The molecule has 1 atom stereocenters. The van der Waals surface area contributed by atoms with E-state index in [1.807, 2.05) is 0 Å². The molecular weight excluding hydrogens is 402 g/mol. The van der Waals surface area contributed by atoms with Crippen molar-refractivity contribution >= 4 is 28.9 Å². The van der Waals surface area contributed by atoms with Crippen LogP contribution in [-0.2, 0) is 17.6 Å². The molecule has 0 aliphatic heterocycles. The number of benzene rings is 1. The van der Waals surface area contributed by atoms with Gasteiger partial charge in [-0.25, -0.2) is 4.79 Å². The molecule has 0 aliphatic carbocycles. The molecule has 1 amide bonds. The molecule has 0 spiro atoms. The Kier molecular flexibility index (Phi) is 6.39. The molecule has 0 bridgehead atoms. The van der Waals surface area contributed by atoms with Crippen molar-refractivity contribution in [2.45, 2.75) is 31.7 Å². The highest BCUT2D eigenvalue weighted by Gasteiger charge is 2.20. The van der Waals surface area contributed by atoms with Crippen LogP contribution in [0.25, 0.3) is 11.0 Å². The van der Waals surface area contributed by atoms with E-state index < -0.39 is 17.9 Å². The number of aliphatic carboxylic acids is 1. The van der Waals surface area contributed by atoms with Crippen LogP contribution in [0.1, 0.15) is 34.3 Å². The molecule has 1 aromatic carbocycles. The number of nitrogen functional groups attached to an aromatic ring is 1. The van der Waals surface area contributed by atoms with Gasteiger partial charge in [0, 0.05) is 18.2 Å². The molecule has 1 unspecified atom stereocenters. The Hall–Kier alpha value is -4.08. The standard InChI is InChI=1S/C21H23N5O5/c1-11(27)2-9-15(20(30)31)24-18(28)13-6-3-12(4-7-13)5-8-14-10-23-17-16(14)19(29)26-21(22)25-17/h3-4,6-7,10,15,27H,1-2,5,8-9H2,(H,24,28)(H,30,31)(H4,22,23,25,26,29). The second kappa shape index (κ2) is 9.16. The molecule has 0 fully saturated rings. The minimum Gasteiger partial charge on any atom is -0.513 e. The molecule has 3 aromatic rings. The zero-order chi connectivity index (χ0) is 22.5. The van der Waals surface area contributed by atoms with Gasteiger partial charge in [-0.2, -0.15) is 4.98 Å². The first kappa shape index (κ1) is 21.6. The maximum atomic E-state index is 12.4. The highest BCUT2D eigenvalue weighted by Crippen LogP contribution is 2.16. The van der Waals surface area contributed by atoms with Crippen molar-refractivity contribution in [1.29, 1.82) is 0 Å². The van der Waals surface area contributed by atoms with Gasteiger partial charge in [0.05, 0.1) is 11.1 Å². The molecule has 10 nitrogen and oxygen atoms in total. The second-order valence-electron chi connectivity index (χ2n) is 7.15. The van der Waals surface area contributed by atoms with Gasteiger partial charge in [0.25, 0.3) is 11.5 Å². The first-order valence-corrected chi connectivity index (χ1v) is 9.59. The van der Waals surface area contributed by atoms with E-state index >= 15 is 0 Å². The Morgan fingerprint density at radius 3 is 2.55 bits per heavy atom. The summed E-state index contributed by atoms with van der Waals surface area (Å²) in [4.78, 5) is 45.3. The van der Waals surface area contributed by atoms with Crippen molar-refractivity contribution in [2.24, 2.45) is 0 Å². The predicted octanol–water partition coefficient (Wildman–Crippen LogP) is 1.65. The van der Waals surface area contributed by atoms with Gasteiger partial charge < -0.3 is 26.2 Å². The number of nitrogens with two attached hydrogens (primary N) is 1. The molecule has 7 N–H and O–H groups in total. The summed E-state index contributed by atoms with van der Waals surface area (Å²) >= 11 is 0. The number of hydrogen-bond acceptors (Lipinski definition) is 6. The van der Waals surface area contributed by atoms with Crippen LogP contribution in [0.3, 0.4) is 0 Å². The summed E-state index contributed by atoms with van der Waals surface area (Å²) in [5.74, 6) is -1.79. The fourth-order valence-corrected chi connectivity index (χ4v) is 3.23. The Labute approximate surface area is 176 Å². The average Bonchev–Trinajstić information content (AvgIpc) is 3.12. The normalized spacial score (nSPS) is 11.9. The number of carboxylic acids is 1. The molecule has 0 aliphatic rings. The van der Waals surface area contributed by atoms with Gasteiger partial charge in [0.2, 0.25) is 5.95 Å². The number of carbonyl (C=O) groups is 2. The number of rotatable bonds is 9. The molecule has 31 heavy (non-hydrogen) atoms. The van der Waals surface area contributed by atoms with Crippen molar-refractivity contribution in [1.82, 2.24) is 20.3 Å². The van der Waals surface area contributed by atoms with Crippen LogP contribution in [0.4, 0.5) is 5.95 Å². The number of aliphatic hydroxyl groups excluding tert-OH is 1. The maximum Gasteiger partial charge on any atom is 0.326 e. The molecule has 162 valence electrons. The fraction of sp³-hybridized carbons (Fsp3) is 0.238. The molecule has 0 radical (unpaired) electrons. The zero-order valence-corrected chi connectivity index (χ0v) is 16.6. The number of nitrogens with zero attached hydrogens (tertiary/aromatic N) is 1. The van der Waals surface area contributed by atoms with E-state index in [-0.39, 0.29) is 30.1 Å². The quantitative estimate of drug-likeness (QED) is 0.283. The van der Waals surface area contributed by atoms with Crippen LogP contribution >= 0.6 is 0 Å². The number of carboxylic acid groups (broad SMARTS) is 1. The SMILES string of the molecule is C=C(O)CCC(NC(=O)c1ccc(CCc2c[nH]c3nc(N)[nH]c(=O)c23)cc1)C(=O)O. The van der Waals surface area contributed by atoms with Crippen LogP contribution in [0.15, 0.2) is 47.6 Å². The van der Waals surface area contributed by atoms with Crippen LogP contribution < -0.4 is 16.6 Å². The molecule has 2 aromatic heterocycles. The minimum atomic E-state index is -1.18. The molecule has 3 rings (SSSR count). The lowest BCUT2D eigenvalue weighted by atomic mass is 10.0. The van der Waals surface area contributed by atoms with Crippen molar-refractivity contribution in [3.63, 3.8) is 0 Å². The molecular formula is C21H23N5O5. The van der Waals surface area contributed by atoms with Gasteiger partial charge in [-0.1, -0.05) is 18.7 Å². The summed E-state index contributed by atoms with van der Waals surface area (Å²) in [5, 5.41) is 21.3. The van der Waals surface area contributed by atoms with Gasteiger partial charge in [0.1, 0.15) is 11.7 Å². The van der Waals surface area contributed by atoms with Crippen LogP contribution in [0.2, 0.25) is 0 Å². The largest absolute Gasteiger partial charge is 0.513 e. The fourth-order valence-electron chi connectivity index (χ4n) is 3.23. The van der Waals surface area contributed by atoms with Crippen molar-refractivity contribution in [3.8, 4) is 0 Å². The summed E-state index contributed by atoms with van der Waals surface area (Å²) < 4.78 is 0. The van der Waals surface area contributed by atoms with E-state index in [4.69, 9.17) is 10.8 Å². The smallest absolute Gasteiger partial charge is 0.326 e. The number of aromatic nitrogens is 3. The van der Waals surface area contributed by atoms with Crippen LogP contribution in [0, 0.1) is 0 Å². The van der Waals surface area contributed by atoms with Gasteiger partial charge in [-0.3, -0.25) is 14.6 Å². The summed E-state index contributed by atoms with van der Waals surface area (Å²) in [6.07, 6.45) is 3.04. The van der Waals surface area contributed by atoms with Gasteiger partial charge in [-0.15, -0.1) is 0 Å². The summed E-state index contributed by atoms with van der Waals surface area (Å²) in [6, 6.07) is 5.64. The summed E-state index contributed by atoms with van der Waals surface area (Å²) in [5.41, 5.74) is 7.74. The highest BCUT2D eigenvalue weighted by atomic mass is 16.4. The lowest BCUT2D eigenvalue weighted by Crippen LogP contribution is -2.40. The number of allylic oxidation sites excluding steroid dienone is 1. The van der Waals surface area contributed by atoms with Crippen molar-refractivity contribution < 1.29 is 19.8 Å². The van der Waals surface area contributed by atoms with Crippen molar-refractivity contribution in [2.75, 3.05) is 5.73 Å². The number of aromatic amines is 2. The predicted molar refractivity (Wildman–Crippen MR) is 115 cm³/mol. The number of aliphatic hydroxyl groups is 1. The molecule has 0 saturated carbocycles. The number of fused-ring (bicyclic) bond motifs is 1. The van der Waals surface area contributed by atoms with Gasteiger partial charge in [0.15, 0.2) is 0 Å². The third kappa shape index (κ3) is 5.30. The van der Waals surface area contributed by atoms with E-state index in [9.17, 15) is 19.5 Å². The number of H-pyrrole nitrogens is 2. The highest BCUT2D eigenvalue weighted by molar-refractivity contribution is 5.96. The molecule has 2 heterocycles. The van der Waals surface area contributed by atoms with E-state index in [0.717, 1.165) is 11.1 Å². The lowest BCUT2D eigenvalue weighted by molar-refractivity contribution is -0.139. The number of anilines is 1. The Balaban J connectivity index is 1.64. The average molecular weight is 425 g/mol. The Bertz CT molecular complexity index is 1180. The van der Waals surface area contributed by atoms with E-state index in [1.165, 1.54) is 0 Å². The minimum absolute atomic E-state index is 0.0404. The Morgan fingerprint density at radius 2 is 1.90 bits per heavy atom. The second-order valence-corrected chi connectivity index (χ2v) is 7.15. The first-order chi connectivity index (χ1) is 14.7. The number of aryl methyl sites for hydroxylation is 2. The lowest BCUT2D eigenvalue weighted by Gasteiger charge is -2.14. The van der Waals surface area contributed by atoms with E-state index in [0.29, 0.717) is 29.4 Å². The molecule has 0 saturated heterocycles. The van der Waals surface area contributed by atoms with E-state index in [1.54, 1.807) is 30.5 Å². The monoisotopic (exact) mass is 425 g/mol. The number of nitrogens with one attached hydrogen (secondary N) is 3. The maximum absolute atomic E-state index is 12.4. The topological polar surface area (TPSA) is 174 Å². The molecule has 10 heteroatoms. The number of amides is 1. The van der Waals surface area contributed by atoms with Crippen LogP contribution in [-0.4, -0.2) is 43.1 Å². The van der Waals surface area contributed by atoms with Crippen LogP contribution in [0.5, 0.6) is 0 Å². The summed E-state index contributed by atoms with van der Waals surface area (Å²) in [7, 11) is 0. The number of hydrogen-bond donors (Lipinski definition) is 6. The van der Waals surface area contributed by atoms with Crippen molar-refractivity contribution in [3.05, 3.63) is 69.8 Å². The Morgan fingerprint density at radius 1 is 1.19 bits per heavy atom. The van der Waals surface area contributed by atoms with Gasteiger partial charge >= 0.3 is 5.97 Å². The summed E-state index contributed by atoms with van der Waals surface area (Å²) in [6.45, 7) is 3.31. The third-order valence-electron chi connectivity index (χ3n) is 4.87. The van der Waals surface area contributed by atoms with Gasteiger partial charge in [-0.05, 0) is 42.5 Å².